The predicted octanol–water partition coefficient (Wildman–Crippen LogP) is 16.8. The fourth-order valence-corrected chi connectivity index (χ4v) is 10.2. The summed E-state index contributed by atoms with van der Waals surface area (Å²) < 4.78 is 88.9. The molecule has 0 radical (unpaired) electrons. The molecule has 8 heteroatoms. The molecule has 11 rings (SSSR count). The summed E-state index contributed by atoms with van der Waals surface area (Å²) in [5.41, 5.74) is 9.77. The molecule has 1 spiro atoms. The quantitative estimate of drug-likeness (QED) is 0.154. The lowest BCUT2D eigenvalue weighted by Crippen LogP contribution is -2.26. The molecule has 2 aliphatic carbocycles. The van der Waals surface area contributed by atoms with Crippen LogP contribution in [0.15, 0.2) is 194 Å². The summed E-state index contributed by atoms with van der Waals surface area (Å²) in [5.74, 6) is 0. The maximum atomic E-state index is 14.9. The number of hydrogen-bond donors (Lipinski definition) is 0. The van der Waals surface area contributed by atoms with Crippen molar-refractivity contribution in [1.82, 2.24) is 0 Å². The Bertz CT molecular complexity index is 3280. The minimum Gasteiger partial charge on any atom is -0.310 e. The van der Waals surface area contributed by atoms with E-state index in [9.17, 15) is 26.3 Å². The third-order valence-corrected chi connectivity index (χ3v) is 13.0. The number of aryl methyl sites for hydroxylation is 2. The molecule has 0 bridgehead atoms. The standard InChI is InChI=1S/C57H38F6N2/c1-35-19-24-39(25-20-35)64(53-17-9-7-15-49(53)56(58,59)60)41-28-23-37-32-46-45-30-29-42(65(40-26-21-36(2)22-27-40)54-18-10-8-16-50(54)57(61,62)63)34-52(45)55(51(46)33-38(37)31-41)47-13-5-3-11-43(47)44-12-4-6-14-48(44)55/h3-34H,1-2H3. The molecule has 9 aromatic rings. The van der Waals surface area contributed by atoms with E-state index in [1.807, 2.05) is 123 Å². The van der Waals surface area contributed by atoms with Gasteiger partial charge >= 0.3 is 12.4 Å². The highest BCUT2D eigenvalue weighted by Gasteiger charge is 2.52. The molecule has 0 fully saturated rings. The fourth-order valence-electron chi connectivity index (χ4n) is 10.2. The van der Waals surface area contributed by atoms with Crippen LogP contribution in [-0.4, -0.2) is 0 Å². The Hall–Kier alpha value is -7.58. The Morgan fingerprint density at radius 3 is 1.28 bits per heavy atom. The van der Waals surface area contributed by atoms with Gasteiger partial charge in [0.25, 0.3) is 0 Å². The van der Waals surface area contributed by atoms with Crippen molar-refractivity contribution >= 4 is 44.9 Å². The van der Waals surface area contributed by atoms with E-state index in [4.69, 9.17) is 0 Å². The van der Waals surface area contributed by atoms with Crippen molar-refractivity contribution in [3.05, 3.63) is 239 Å². The third-order valence-electron chi connectivity index (χ3n) is 13.0. The van der Waals surface area contributed by atoms with Gasteiger partial charge in [0.1, 0.15) is 0 Å². The first-order chi connectivity index (χ1) is 31.3. The average Bonchev–Trinajstić information content (AvgIpc) is 3.76. The highest BCUT2D eigenvalue weighted by molar-refractivity contribution is 6.02. The molecule has 9 aromatic carbocycles. The second kappa shape index (κ2) is 14.7. The first-order valence-corrected chi connectivity index (χ1v) is 21.3. The Morgan fingerprint density at radius 1 is 0.338 bits per heavy atom. The zero-order valence-electron chi connectivity index (χ0n) is 35.1. The largest absolute Gasteiger partial charge is 0.418 e. The molecule has 0 aliphatic heterocycles. The second-order valence-electron chi connectivity index (χ2n) is 16.9. The van der Waals surface area contributed by atoms with Gasteiger partial charge in [0, 0.05) is 22.7 Å². The lowest BCUT2D eigenvalue weighted by atomic mass is 9.70. The summed E-state index contributed by atoms with van der Waals surface area (Å²) in [4.78, 5) is 3.34. The van der Waals surface area contributed by atoms with Crippen LogP contribution in [0.1, 0.15) is 44.5 Å². The maximum absolute atomic E-state index is 14.9. The van der Waals surface area contributed by atoms with Crippen molar-refractivity contribution in [3.8, 4) is 22.3 Å². The first-order valence-electron chi connectivity index (χ1n) is 21.3. The van der Waals surface area contributed by atoms with Crippen LogP contribution in [-0.2, 0) is 17.8 Å². The van der Waals surface area contributed by atoms with Crippen molar-refractivity contribution in [3.63, 3.8) is 0 Å². The molecule has 0 saturated carbocycles. The van der Waals surface area contributed by atoms with Crippen LogP contribution in [0, 0.1) is 13.8 Å². The van der Waals surface area contributed by atoms with E-state index in [1.54, 1.807) is 21.9 Å². The molecule has 2 aliphatic rings. The molecule has 0 saturated heterocycles. The number of nitrogens with zero attached hydrogens (tertiary/aromatic N) is 2. The molecule has 0 atom stereocenters. The van der Waals surface area contributed by atoms with Crippen LogP contribution < -0.4 is 9.80 Å². The number of fused-ring (bicyclic) bond motifs is 11. The molecule has 0 unspecified atom stereocenters. The van der Waals surface area contributed by atoms with Crippen LogP contribution in [0.2, 0.25) is 0 Å². The van der Waals surface area contributed by atoms with Gasteiger partial charge in [-0.15, -0.1) is 0 Å². The molecule has 0 amide bonds. The van der Waals surface area contributed by atoms with Gasteiger partial charge < -0.3 is 9.80 Å². The van der Waals surface area contributed by atoms with Crippen molar-refractivity contribution < 1.29 is 26.3 Å². The van der Waals surface area contributed by atoms with Gasteiger partial charge in [-0.3, -0.25) is 0 Å². The number of alkyl halides is 6. The molecular weight excluding hydrogens is 827 g/mol. The lowest BCUT2D eigenvalue weighted by Gasteiger charge is -2.33. The number of rotatable bonds is 6. The minimum absolute atomic E-state index is 0.00378. The van der Waals surface area contributed by atoms with Crippen LogP contribution in [0.25, 0.3) is 33.0 Å². The van der Waals surface area contributed by atoms with Crippen molar-refractivity contribution in [2.45, 2.75) is 31.6 Å². The van der Waals surface area contributed by atoms with Crippen molar-refractivity contribution in [1.29, 1.82) is 0 Å². The van der Waals surface area contributed by atoms with Crippen LogP contribution in [0.4, 0.5) is 60.5 Å². The molecule has 65 heavy (non-hydrogen) atoms. The number of halogens is 6. The molecule has 0 heterocycles. The number of benzene rings is 9. The predicted molar refractivity (Wildman–Crippen MR) is 249 cm³/mol. The van der Waals surface area contributed by atoms with Gasteiger partial charge in [0.2, 0.25) is 0 Å². The second-order valence-corrected chi connectivity index (χ2v) is 16.9. The topological polar surface area (TPSA) is 6.48 Å². The third kappa shape index (κ3) is 6.33. The van der Waals surface area contributed by atoms with Gasteiger partial charge in [0.15, 0.2) is 0 Å². The van der Waals surface area contributed by atoms with E-state index in [0.717, 1.165) is 78.5 Å². The van der Waals surface area contributed by atoms with Gasteiger partial charge in [0.05, 0.1) is 27.9 Å². The highest BCUT2D eigenvalue weighted by atomic mass is 19.4. The van der Waals surface area contributed by atoms with Gasteiger partial charge in [-0.25, -0.2) is 0 Å². The number of hydrogen-bond acceptors (Lipinski definition) is 2. The van der Waals surface area contributed by atoms with Gasteiger partial charge in [-0.1, -0.05) is 120 Å². The zero-order valence-corrected chi connectivity index (χ0v) is 35.1. The van der Waals surface area contributed by atoms with Crippen molar-refractivity contribution in [2.75, 3.05) is 9.80 Å². The van der Waals surface area contributed by atoms with E-state index in [1.165, 1.54) is 24.3 Å². The van der Waals surface area contributed by atoms with E-state index in [0.29, 0.717) is 22.7 Å². The normalized spacial score (nSPS) is 13.4. The van der Waals surface area contributed by atoms with Crippen LogP contribution in [0.5, 0.6) is 0 Å². The average molecular weight is 865 g/mol. The SMILES string of the molecule is Cc1ccc(N(c2ccc3c(c2)C2(c4ccccc4-c4ccccc42)c2cc4cc(N(c5ccc(C)cc5)c5ccccc5C(F)(F)F)ccc4cc2-3)c2ccccc2C(F)(F)F)cc1. The van der Waals surface area contributed by atoms with E-state index in [-0.39, 0.29) is 11.4 Å². The Morgan fingerprint density at radius 2 is 0.754 bits per heavy atom. The monoisotopic (exact) mass is 864 g/mol. The summed E-state index contributed by atoms with van der Waals surface area (Å²) in [6.45, 7) is 3.88. The molecular formula is C57H38F6N2. The summed E-state index contributed by atoms with van der Waals surface area (Å²) in [6.07, 6.45) is -9.23. The molecule has 2 nitrogen and oxygen atoms in total. The van der Waals surface area contributed by atoms with Crippen LogP contribution >= 0.6 is 0 Å². The molecule has 318 valence electrons. The molecule has 0 N–H and O–H groups in total. The van der Waals surface area contributed by atoms with Crippen molar-refractivity contribution in [2.24, 2.45) is 0 Å². The van der Waals surface area contributed by atoms with Crippen LogP contribution in [0.3, 0.4) is 0 Å². The van der Waals surface area contributed by atoms with E-state index >= 15 is 0 Å². The summed E-state index contributed by atoms with van der Waals surface area (Å²) >= 11 is 0. The summed E-state index contributed by atoms with van der Waals surface area (Å²) in [5, 5.41) is 1.70. The summed E-state index contributed by atoms with van der Waals surface area (Å²) in [7, 11) is 0. The molecule has 0 aromatic heterocycles. The highest BCUT2D eigenvalue weighted by Crippen LogP contribution is 2.64. The van der Waals surface area contributed by atoms with E-state index < -0.39 is 28.9 Å². The minimum atomic E-state index is -4.63. The Balaban J connectivity index is 1.18. The first kappa shape index (κ1) is 40.2. The Labute approximate surface area is 372 Å². The van der Waals surface area contributed by atoms with E-state index in [2.05, 4.69) is 36.4 Å². The summed E-state index contributed by atoms with van der Waals surface area (Å²) in [6, 6.07) is 58.8. The Kier molecular flexibility index (Phi) is 9.12. The lowest BCUT2D eigenvalue weighted by molar-refractivity contribution is -0.137. The fraction of sp³-hybridized carbons (Fsp3) is 0.0877. The number of anilines is 6. The van der Waals surface area contributed by atoms with Gasteiger partial charge in [-0.05, 0) is 154 Å². The maximum Gasteiger partial charge on any atom is 0.418 e. The zero-order chi connectivity index (χ0) is 44.8. The smallest absolute Gasteiger partial charge is 0.310 e. The van der Waals surface area contributed by atoms with Gasteiger partial charge in [-0.2, -0.15) is 26.3 Å². The number of para-hydroxylation sites is 2.